The number of alkyl halides is 2. The number of hydrogen-bond acceptors (Lipinski definition) is 7. The fraction of sp³-hybridized carbons (Fsp3) is 0.548. The molecular formula is C31H34ClF4N5O2. The van der Waals surface area contributed by atoms with Crippen molar-refractivity contribution in [2.45, 2.75) is 63.0 Å². The topological polar surface area (TPSA) is 73.8 Å². The molecule has 4 heterocycles. The highest BCUT2D eigenvalue weighted by Gasteiger charge is 2.53. The number of piperidine rings is 1. The first kappa shape index (κ1) is 28.9. The van der Waals surface area contributed by atoms with E-state index in [-0.39, 0.29) is 82.9 Å². The van der Waals surface area contributed by atoms with E-state index >= 15 is 17.6 Å². The summed E-state index contributed by atoms with van der Waals surface area (Å²) in [4.78, 5) is 12.7. The quantitative estimate of drug-likeness (QED) is 0.323. The summed E-state index contributed by atoms with van der Waals surface area (Å²) in [6.07, 6.45) is 3.29. The highest BCUT2D eigenvalue weighted by atomic mass is 35.5. The van der Waals surface area contributed by atoms with Gasteiger partial charge in [0.2, 0.25) is 0 Å². The second kappa shape index (κ2) is 10.3. The maximum Gasteiger partial charge on any atom is 0.319 e. The molecule has 0 radical (unpaired) electrons. The molecule has 1 aliphatic carbocycles. The number of fused-ring (bicyclic) bond motifs is 3. The van der Waals surface area contributed by atoms with Gasteiger partial charge in [0.1, 0.15) is 29.5 Å². The van der Waals surface area contributed by atoms with Gasteiger partial charge < -0.3 is 25.0 Å². The smallest absolute Gasteiger partial charge is 0.319 e. The van der Waals surface area contributed by atoms with Gasteiger partial charge in [-0.2, -0.15) is 9.97 Å². The van der Waals surface area contributed by atoms with E-state index in [0.29, 0.717) is 24.5 Å². The summed E-state index contributed by atoms with van der Waals surface area (Å²) >= 11 is 6.46. The zero-order chi connectivity index (χ0) is 30.3. The zero-order valence-electron chi connectivity index (χ0n) is 24.1. The number of aromatic hydroxyl groups is 1. The van der Waals surface area contributed by atoms with Crippen LogP contribution in [0.4, 0.5) is 23.4 Å². The second-order valence-corrected chi connectivity index (χ2v) is 13.4. The average molecular weight is 620 g/mol. The van der Waals surface area contributed by atoms with Crippen LogP contribution in [-0.4, -0.2) is 77.8 Å². The van der Waals surface area contributed by atoms with Crippen LogP contribution in [0.15, 0.2) is 18.2 Å². The van der Waals surface area contributed by atoms with E-state index in [1.54, 1.807) is 7.05 Å². The number of anilines is 1. The van der Waals surface area contributed by atoms with Crippen LogP contribution in [0, 0.1) is 17.0 Å². The Bertz CT molecular complexity index is 1590. The Morgan fingerprint density at radius 1 is 1.09 bits per heavy atom. The number of benzene rings is 2. The largest absolute Gasteiger partial charge is 0.508 e. The fourth-order valence-corrected chi connectivity index (χ4v) is 7.45. The van der Waals surface area contributed by atoms with Gasteiger partial charge in [-0.05, 0) is 74.9 Å². The van der Waals surface area contributed by atoms with Crippen molar-refractivity contribution in [3.05, 3.63) is 40.4 Å². The van der Waals surface area contributed by atoms with E-state index < -0.39 is 23.0 Å². The van der Waals surface area contributed by atoms with Crippen LogP contribution in [0.25, 0.3) is 22.0 Å². The summed E-state index contributed by atoms with van der Waals surface area (Å²) < 4.78 is 68.6. The molecule has 2 N–H and O–H groups in total. The van der Waals surface area contributed by atoms with Gasteiger partial charge in [-0.25, -0.2) is 17.6 Å². The van der Waals surface area contributed by atoms with Gasteiger partial charge in [0.25, 0.3) is 5.92 Å². The molecule has 3 atom stereocenters. The van der Waals surface area contributed by atoms with Gasteiger partial charge >= 0.3 is 6.01 Å². The molecule has 4 fully saturated rings. The molecule has 2 aromatic carbocycles. The Morgan fingerprint density at radius 3 is 2.51 bits per heavy atom. The molecule has 0 unspecified atom stereocenters. The summed E-state index contributed by atoms with van der Waals surface area (Å²) in [6.45, 7) is 2.60. The maximum absolute atomic E-state index is 16.6. The number of likely N-dealkylation sites (tertiary alicyclic amines) is 1. The Labute approximate surface area is 252 Å². The van der Waals surface area contributed by atoms with Crippen molar-refractivity contribution in [3.63, 3.8) is 0 Å². The Balaban J connectivity index is 1.36. The van der Waals surface area contributed by atoms with Crippen LogP contribution in [0.5, 0.6) is 11.8 Å². The number of halogens is 5. The number of hydrogen-bond donors (Lipinski definition) is 2. The van der Waals surface area contributed by atoms with Gasteiger partial charge in [0.15, 0.2) is 5.82 Å². The van der Waals surface area contributed by atoms with Crippen LogP contribution in [0.3, 0.4) is 0 Å². The lowest BCUT2D eigenvalue weighted by molar-refractivity contribution is -0.169. The van der Waals surface area contributed by atoms with Crippen LogP contribution >= 0.6 is 11.6 Å². The maximum atomic E-state index is 16.6. The Morgan fingerprint density at radius 2 is 1.81 bits per heavy atom. The van der Waals surface area contributed by atoms with Crippen LogP contribution in [0.1, 0.15) is 50.5 Å². The predicted molar refractivity (Wildman–Crippen MR) is 156 cm³/mol. The van der Waals surface area contributed by atoms with E-state index in [2.05, 4.69) is 15.3 Å². The lowest BCUT2D eigenvalue weighted by atomic mass is 9.79. The molecule has 4 aliphatic rings. The van der Waals surface area contributed by atoms with E-state index in [4.69, 9.17) is 16.3 Å². The molecule has 3 aromatic rings. The number of nitrogens with one attached hydrogen (secondary N) is 1. The highest BCUT2D eigenvalue weighted by Crippen LogP contribution is 2.50. The molecule has 3 aliphatic heterocycles. The molecule has 43 heavy (non-hydrogen) atoms. The van der Waals surface area contributed by atoms with Crippen LogP contribution < -0.4 is 15.0 Å². The number of phenols is 1. The number of rotatable bonds is 6. The Hall–Kier alpha value is -2.89. The number of phenolic OH excluding ortho intramolecular Hbond substituents is 1. The standard InChI is InChI=1S/C31H34ClF4N5O2/c1-30(14-40(2)8-7-31(30,35)36)15-43-29-38-27-21(28(39-29)41-12-17-5-6-18(13-41)37-17)11-23(33)25(26(27)34)20-9-19(42)10-22(32)24(20)16-3-4-16/h9-11,16-18,37,42H,3-8,12-15H2,1-2H3/t17-,18+,30-/m0/s1. The zero-order valence-corrected chi connectivity index (χ0v) is 24.8. The van der Waals surface area contributed by atoms with Gasteiger partial charge in [-0.3, -0.25) is 0 Å². The van der Waals surface area contributed by atoms with Crippen molar-refractivity contribution in [3.8, 4) is 22.9 Å². The third kappa shape index (κ3) is 5.07. The first-order chi connectivity index (χ1) is 20.4. The normalized spacial score (nSPS) is 27.2. The number of ether oxygens (including phenoxy) is 1. The molecule has 2 bridgehead atoms. The molecule has 0 amide bonds. The summed E-state index contributed by atoms with van der Waals surface area (Å²) in [5.74, 6) is -4.63. The van der Waals surface area contributed by atoms with E-state index in [9.17, 15) is 5.11 Å². The summed E-state index contributed by atoms with van der Waals surface area (Å²) in [6, 6.07) is 4.08. The van der Waals surface area contributed by atoms with E-state index in [1.807, 2.05) is 9.80 Å². The molecule has 3 saturated heterocycles. The average Bonchev–Trinajstić information content (AvgIpc) is 3.72. The van der Waals surface area contributed by atoms with E-state index in [0.717, 1.165) is 25.7 Å². The van der Waals surface area contributed by atoms with Gasteiger partial charge in [-0.1, -0.05) is 11.6 Å². The molecule has 230 valence electrons. The van der Waals surface area contributed by atoms with E-state index in [1.165, 1.54) is 25.1 Å². The van der Waals surface area contributed by atoms with Gasteiger partial charge in [-0.15, -0.1) is 0 Å². The molecule has 7 nitrogen and oxygen atoms in total. The first-order valence-electron chi connectivity index (χ1n) is 14.8. The fourth-order valence-electron chi connectivity index (χ4n) is 7.08. The minimum atomic E-state index is -2.98. The van der Waals surface area contributed by atoms with Gasteiger partial charge in [0, 0.05) is 55.1 Å². The highest BCUT2D eigenvalue weighted by molar-refractivity contribution is 6.32. The summed E-state index contributed by atoms with van der Waals surface area (Å²) in [7, 11) is 1.78. The third-order valence-electron chi connectivity index (χ3n) is 9.56. The SMILES string of the molecule is CN1CCC(F)(F)[C@](C)(COc2nc(N3C[C@H]4CC[C@@H](C3)N4)c3cc(F)c(-c4cc(O)cc(Cl)c4C4CC4)c(F)c3n2)C1. The second-order valence-electron chi connectivity index (χ2n) is 13.0. The minimum absolute atomic E-state index is 0.0322. The monoisotopic (exact) mass is 619 g/mol. The predicted octanol–water partition coefficient (Wildman–Crippen LogP) is 6.11. The number of nitrogens with zero attached hydrogens (tertiary/aromatic N) is 4. The minimum Gasteiger partial charge on any atom is -0.508 e. The van der Waals surface area contributed by atoms with Crippen molar-refractivity contribution < 1.29 is 27.4 Å². The van der Waals surface area contributed by atoms with Crippen molar-refractivity contribution in [1.82, 2.24) is 20.2 Å². The van der Waals surface area contributed by atoms with Crippen LogP contribution in [-0.2, 0) is 0 Å². The van der Waals surface area contributed by atoms with Crippen molar-refractivity contribution in [2.75, 3.05) is 44.7 Å². The molecule has 1 aromatic heterocycles. The van der Waals surface area contributed by atoms with Crippen molar-refractivity contribution in [1.29, 1.82) is 0 Å². The molecule has 1 saturated carbocycles. The molecule has 0 spiro atoms. The number of piperazine rings is 1. The molecule has 12 heteroatoms. The lowest BCUT2D eigenvalue weighted by Gasteiger charge is -2.44. The summed E-state index contributed by atoms with van der Waals surface area (Å²) in [5.41, 5.74) is -1.30. The van der Waals surface area contributed by atoms with Crippen molar-refractivity contribution in [2.24, 2.45) is 5.41 Å². The molecular weight excluding hydrogens is 586 g/mol. The van der Waals surface area contributed by atoms with Gasteiger partial charge in [0.05, 0.1) is 11.0 Å². The Kier molecular flexibility index (Phi) is 6.94. The first-order valence-corrected chi connectivity index (χ1v) is 15.2. The summed E-state index contributed by atoms with van der Waals surface area (Å²) in [5, 5.41) is 14.3. The number of aromatic nitrogens is 2. The van der Waals surface area contributed by atoms with Crippen LogP contribution in [0.2, 0.25) is 5.02 Å². The van der Waals surface area contributed by atoms with Crippen molar-refractivity contribution >= 4 is 28.3 Å². The third-order valence-corrected chi connectivity index (χ3v) is 9.87. The lowest BCUT2D eigenvalue weighted by Crippen LogP contribution is -2.55. The molecule has 7 rings (SSSR count).